The number of aromatic nitrogens is 2. The Morgan fingerprint density at radius 3 is 2.38 bits per heavy atom. The van der Waals surface area contributed by atoms with Crippen LogP contribution in [0.15, 0.2) is 15.8 Å². The van der Waals surface area contributed by atoms with Crippen LogP contribution in [0.4, 0.5) is 0 Å². The molecule has 1 aliphatic carbocycles. The highest BCUT2D eigenvalue weighted by Crippen LogP contribution is 2.33. The van der Waals surface area contributed by atoms with Crippen LogP contribution in [-0.4, -0.2) is 32.0 Å². The summed E-state index contributed by atoms with van der Waals surface area (Å²) in [5.41, 5.74) is -1.26. The lowest BCUT2D eigenvalue weighted by Gasteiger charge is -2.39. The van der Waals surface area contributed by atoms with Crippen molar-refractivity contribution in [3.63, 3.8) is 0 Å². The van der Waals surface area contributed by atoms with Gasteiger partial charge in [-0.05, 0) is 46.0 Å². The first kappa shape index (κ1) is 16.5. The fourth-order valence-electron chi connectivity index (χ4n) is 3.58. The topological polar surface area (TPSA) is 88.1 Å². The van der Waals surface area contributed by atoms with Crippen LogP contribution in [0.1, 0.15) is 57.6 Å². The molecule has 2 heterocycles. The average molecular weight is 330 g/mol. The Labute approximate surface area is 140 Å². The maximum Gasteiger partial charge on any atom is 0.331 e. The summed E-state index contributed by atoms with van der Waals surface area (Å²) in [4.78, 5) is 39.4. The molecule has 1 aromatic rings. The largest absolute Gasteiger partial charge is 0.336 e. The lowest BCUT2D eigenvalue weighted by atomic mass is 9.97. The van der Waals surface area contributed by atoms with Crippen molar-refractivity contribution in [2.24, 2.45) is 0 Å². The third-order valence-electron chi connectivity index (χ3n) is 5.03. The smallest absolute Gasteiger partial charge is 0.331 e. The van der Waals surface area contributed by atoms with E-state index in [0.717, 1.165) is 36.7 Å². The third kappa shape index (κ3) is 2.88. The van der Waals surface area contributed by atoms with Gasteiger partial charge < -0.3 is 4.90 Å². The van der Waals surface area contributed by atoms with Crippen LogP contribution in [0.2, 0.25) is 0 Å². The Morgan fingerprint density at radius 2 is 1.83 bits per heavy atom. The van der Waals surface area contributed by atoms with Crippen molar-refractivity contribution < 1.29 is 4.79 Å². The molecule has 2 atom stereocenters. The Morgan fingerprint density at radius 1 is 1.21 bits per heavy atom. The van der Waals surface area contributed by atoms with Crippen molar-refractivity contribution in [2.75, 3.05) is 0 Å². The second kappa shape index (κ2) is 6.27. The van der Waals surface area contributed by atoms with Gasteiger partial charge in [0.05, 0.1) is 0 Å². The van der Waals surface area contributed by atoms with E-state index < -0.39 is 11.2 Å². The standard InChI is InChI=1S/C17H22N4O3/c1-11-4-3-5-12(2)21(11)15(22)10-20-16(23)13(8-18)9-19(17(20)24)14-6-7-14/h9,11-12,14H,3-7,10H2,1-2H3/t11-,12-/m1/s1. The van der Waals surface area contributed by atoms with Gasteiger partial charge in [-0.1, -0.05) is 0 Å². The molecular weight excluding hydrogens is 308 g/mol. The van der Waals surface area contributed by atoms with E-state index in [1.165, 1.54) is 10.8 Å². The highest BCUT2D eigenvalue weighted by atomic mass is 16.2. The fourth-order valence-corrected chi connectivity index (χ4v) is 3.58. The van der Waals surface area contributed by atoms with Crippen LogP contribution in [0.3, 0.4) is 0 Å². The molecule has 128 valence electrons. The zero-order chi connectivity index (χ0) is 17.4. The molecule has 1 aromatic heterocycles. The van der Waals surface area contributed by atoms with E-state index in [1.807, 2.05) is 19.9 Å². The van der Waals surface area contributed by atoms with Gasteiger partial charge in [0, 0.05) is 24.3 Å². The molecule has 0 N–H and O–H groups in total. The first-order chi connectivity index (χ1) is 11.4. The summed E-state index contributed by atoms with van der Waals surface area (Å²) >= 11 is 0. The lowest BCUT2D eigenvalue weighted by molar-refractivity contribution is -0.138. The lowest BCUT2D eigenvalue weighted by Crippen LogP contribution is -2.51. The minimum Gasteiger partial charge on any atom is -0.336 e. The van der Waals surface area contributed by atoms with Crippen molar-refractivity contribution in [3.8, 4) is 6.07 Å². The van der Waals surface area contributed by atoms with E-state index in [2.05, 4.69) is 0 Å². The maximum atomic E-state index is 12.7. The second-order valence-corrected chi connectivity index (χ2v) is 6.90. The summed E-state index contributed by atoms with van der Waals surface area (Å²) in [6.07, 6.45) is 5.97. The summed E-state index contributed by atoms with van der Waals surface area (Å²) in [7, 11) is 0. The van der Waals surface area contributed by atoms with E-state index in [1.54, 1.807) is 4.90 Å². The summed E-state index contributed by atoms with van der Waals surface area (Å²) in [6.45, 7) is 3.68. The van der Waals surface area contributed by atoms with E-state index >= 15 is 0 Å². The van der Waals surface area contributed by atoms with Gasteiger partial charge >= 0.3 is 5.69 Å². The zero-order valence-electron chi connectivity index (χ0n) is 14.1. The predicted octanol–water partition coefficient (Wildman–Crippen LogP) is 1.01. The molecule has 1 aliphatic heterocycles. The van der Waals surface area contributed by atoms with Gasteiger partial charge in [-0.2, -0.15) is 5.26 Å². The number of piperidine rings is 1. The summed E-state index contributed by atoms with van der Waals surface area (Å²) < 4.78 is 2.35. The zero-order valence-corrected chi connectivity index (χ0v) is 14.1. The Balaban J connectivity index is 1.96. The first-order valence-corrected chi connectivity index (χ1v) is 8.51. The highest BCUT2D eigenvalue weighted by Gasteiger charge is 2.31. The number of carbonyl (C=O) groups is 1. The molecule has 24 heavy (non-hydrogen) atoms. The molecule has 0 aromatic carbocycles. The molecule has 7 nitrogen and oxygen atoms in total. The van der Waals surface area contributed by atoms with Gasteiger partial charge in [0.2, 0.25) is 5.91 Å². The molecule has 1 saturated heterocycles. The number of hydrogen-bond donors (Lipinski definition) is 0. The Hall–Kier alpha value is -2.36. The molecule has 1 amide bonds. The monoisotopic (exact) mass is 330 g/mol. The van der Waals surface area contributed by atoms with Crippen LogP contribution in [-0.2, 0) is 11.3 Å². The molecule has 0 unspecified atom stereocenters. The van der Waals surface area contributed by atoms with Crippen molar-refractivity contribution in [3.05, 3.63) is 32.6 Å². The van der Waals surface area contributed by atoms with Crippen LogP contribution in [0.5, 0.6) is 0 Å². The van der Waals surface area contributed by atoms with Gasteiger partial charge in [-0.3, -0.25) is 14.2 Å². The normalized spacial score (nSPS) is 23.8. The van der Waals surface area contributed by atoms with Crippen molar-refractivity contribution in [2.45, 2.75) is 70.6 Å². The molecule has 7 heteroatoms. The minimum absolute atomic E-state index is 0.0411. The number of nitrogens with zero attached hydrogens (tertiary/aromatic N) is 4. The van der Waals surface area contributed by atoms with E-state index in [9.17, 15) is 14.4 Å². The molecular formula is C17H22N4O3. The van der Waals surface area contributed by atoms with Gasteiger partial charge in [-0.25, -0.2) is 9.36 Å². The van der Waals surface area contributed by atoms with Crippen LogP contribution in [0.25, 0.3) is 0 Å². The van der Waals surface area contributed by atoms with Gasteiger partial charge in [0.25, 0.3) is 5.56 Å². The average Bonchev–Trinajstić information content (AvgIpc) is 3.36. The number of amides is 1. The van der Waals surface area contributed by atoms with Crippen LogP contribution >= 0.6 is 0 Å². The molecule has 0 spiro atoms. The van der Waals surface area contributed by atoms with Gasteiger partial charge in [0.1, 0.15) is 18.2 Å². The third-order valence-corrected chi connectivity index (χ3v) is 5.03. The van der Waals surface area contributed by atoms with E-state index in [-0.39, 0.29) is 36.1 Å². The summed E-state index contributed by atoms with van der Waals surface area (Å²) in [5.74, 6) is -0.230. The fraction of sp³-hybridized carbons (Fsp3) is 0.647. The molecule has 1 saturated carbocycles. The molecule has 0 radical (unpaired) electrons. The van der Waals surface area contributed by atoms with Crippen LogP contribution in [0, 0.1) is 11.3 Å². The van der Waals surface area contributed by atoms with Crippen molar-refractivity contribution >= 4 is 5.91 Å². The predicted molar refractivity (Wildman–Crippen MR) is 87.6 cm³/mol. The van der Waals surface area contributed by atoms with Crippen molar-refractivity contribution in [1.82, 2.24) is 14.0 Å². The minimum atomic E-state index is -0.676. The number of likely N-dealkylation sites (tertiary alicyclic amines) is 1. The quantitative estimate of drug-likeness (QED) is 0.827. The number of hydrogen-bond acceptors (Lipinski definition) is 4. The Kier molecular flexibility index (Phi) is 4.31. The molecule has 3 rings (SSSR count). The summed E-state index contributed by atoms with van der Waals surface area (Å²) in [5, 5.41) is 9.15. The number of nitriles is 1. The first-order valence-electron chi connectivity index (χ1n) is 8.51. The summed E-state index contributed by atoms with van der Waals surface area (Å²) in [6, 6.07) is 2.08. The maximum absolute atomic E-state index is 12.7. The number of carbonyl (C=O) groups excluding carboxylic acids is 1. The van der Waals surface area contributed by atoms with Crippen LogP contribution < -0.4 is 11.2 Å². The second-order valence-electron chi connectivity index (χ2n) is 6.90. The van der Waals surface area contributed by atoms with Gasteiger partial charge in [-0.15, -0.1) is 0 Å². The molecule has 0 bridgehead atoms. The highest BCUT2D eigenvalue weighted by molar-refractivity contribution is 5.76. The Bertz CT molecular complexity index is 803. The molecule has 2 aliphatic rings. The van der Waals surface area contributed by atoms with Crippen molar-refractivity contribution in [1.29, 1.82) is 5.26 Å². The van der Waals surface area contributed by atoms with E-state index in [0.29, 0.717) is 0 Å². The number of rotatable bonds is 3. The van der Waals surface area contributed by atoms with E-state index in [4.69, 9.17) is 5.26 Å². The van der Waals surface area contributed by atoms with Gasteiger partial charge in [0.15, 0.2) is 0 Å². The molecule has 2 fully saturated rings. The SMILES string of the molecule is C[C@@H]1CCC[C@@H](C)N1C(=O)Cn1c(=O)c(C#N)cn(C2CC2)c1=O.